The van der Waals surface area contributed by atoms with Crippen LogP contribution in [0.4, 0.5) is 0 Å². The van der Waals surface area contributed by atoms with Crippen molar-refractivity contribution in [2.45, 2.75) is 19.5 Å². The van der Waals surface area contributed by atoms with Gasteiger partial charge in [-0.05, 0) is 29.2 Å². The highest BCUT2D eigenvalue weighted by Gasteiger charge is 2.28. The van der Waals surface area contributed by atoms with Crippen LogP contribution in [0.1, 0.15) is 16.9 Å². The zero-order valence-corrected chi connectivity index (χ0v) is 13.2. The molecule has 2 aromatic rings. The molecule has 3 rings (SSSR count). The maximum Gasteiger partial charge on any atom is 0.230 e. The average Bonchev–Trinajstić information content (AvgIpc) is 3.01. The van der Waals surface area contributed by atoms with Crippen LogP contribution in [-0.2, 0) is 17.9 Å². The van der Waals surface area contributed by atoms with Crippen molar-refractivity contribution in [1.82, 2.24) is 9.80 Å². The number of benzene rings is 1. The molecule has 1 fully saturated rings. The molecule has 1 saturated heterocycles. The number of thiophene rings is 1. The van der Waals surface area contributed by atoms with Crippen molar-refractivity contribution in [2.24, 2.45) is 0 Å². The van der Waals surface area contributed by atoms with Gasteiger partial charge in [0.1, 0.15) is 0 Å². The Morgan fingerprint density at radius 3 is 2.62 bits per heavy atom. The van der Waals surface area contributed by atoms with Gasteiger partial charge in [0.05, 0.1) is 13.1 Å². The summed E-state index contributed by atoms with van der Waals surface area (Å²) in [6, 6.07) is 14.1. The van der Waals surface area contributed by atoms with E-state index in [9.17, 15) is 4.79 Å². The molecule has 0 bridgehead atoms. The van der Waals surface area contributed by atoms with Crippen molar-refractivity contribution >= 4 is 34.6 Å². The van der Waals surface area contributed by atoms with Crippen LogP contribution in [0.2, 0.25) is 0 Å². The predicted molar refractivity (Wildman–Crippen MR) is 88.9 cm³/mol. The third kappa shape index (κ3) is 3.31. The second kappa shape index (κ2) is 6.37. The van der Waals surface area contributed by atoms with Crippen molar-refractivity contribution < 1.29 is 4.79 Å². The van der Waals surface area contributed by atoms with E-state index in [1.165, 1.54) is 4.88 Å². The zero-order chi connectivity index (χ0) is 14.7. The molecule has 0 radical (unpaired) electrons. The van der Waals surface area contributed by atoms with E-state index in [1.54, 1.807) is 16.2 Å². The van der Waals surface area contributed by atoms with Gasteiger partial charge in [-0.3, -0.25) is 9.69 Å². The summed E-state index contributed by atoms with van der Waals surface area (Å²) in [4.78, 5) is 17.3. The number of carbonyl (C=O) groups is 1. The number of hydrogen-bond acceptors (Lipinski definition) is 3. The molecule has 1 amide bonds. The number of hydrogen-bond donors (Lipinski definition) is 0. The van der Waals surface area contributed by atoms with Gasteiger partial charge in [-0.2, -0.15) is 0 Å². The first-order valence-electron chi connectivity index (χ1n) is 6.89. The predicted octanol–water partition coefficient (Wildman–Crippen LogP) is 3.27. The average molecular weight is 316 g/mol. The standard InChI is InChI=1S/C16H16N2OS2/c19-15-8-9-17(12-14-7-4-10-21-14)16(20)18(15)11-13-5-2-1-3-6-13/h1-7,10H,8-9,11-12H2. The third-order valence-electron chi connectivity index (χ3n) is 3.51. The Morgan fingerprint density at radius 1 is 1.10 bits per heavy atom. The van der Waals surface area contributed by atoms with Crippen LogP contribution in [0.5, 0.6) is 0 Å². The molecule has 0 spiro atoms. The zero-order valence-electron chi connectivity index (χ0n) is 11.6. The van der Waals surface area contributed by atoms with Crippen LogP contribution < -0.4 is 0 Å². The monoisotopic (exact) mass is 316 g/mol. The summed E-state index contributed by atoms with van der Waals surface area (Å²) in [7, 11) is 0. The molecule has 21 heavy (non-hydrogen) atoms. The number of rotatable bonds is 4. The highest BCUT2D eigenvalue weighted by molar-refractivity contribution is 7.80. The highest BCUT2D eigenvalue weighted by atomic mass is 32.1. The first-order valence-corrected chi connectivity index (χ1v) is 8.18. The van der Waals surface area contributed by atoms with Crippen LogP contribution in [0.15, 0.2) is 47.8 Å². The molecule has 0 atom stereocenters. The Bertz CT molecular complexity index is 625. The Balaban J connectivity index is 1.73. The molecule has 1 aromatic carbocycles. The van der Waals surface area contributed by atoms with E-state index in [4.69, 9.17) is 12.2 Å². The maximum atomic E-state index is 12.2. The van der Waals surface area contributed by atoms with Gasteiger partial charge in [0.2, 0.25) is 5.91 Å². The van der Waals surface area contributed by atoms with E-state index in [-0.39, 0.29) is 5.91 Å². The summed E-state index contributed by atoms with van der Waals surface area (Å²) in [5.41, 5.74) is 1.10. The van der Waals surface area contributed by atoms with Crippen LogP contribution in [0.3, 0.4) is 0 Å². The van der Waals surface area contributed by atoms with Crippen molar-refractivity contribution in [3.63, 3.8) is 0 Å². The maximum absolute atomic E-state index is 12.2. The Morgan fingerprint density at radius 2 is 1.90 bits per heavy atom. The van der Waals surface area contributed by atoms with Crippen LogP contribution in [-0.4, -0.2) is 27.4 Å². The molecule has 0 aliphatic carbocycles. The highest BCUT2D eigenvalue weighted by Crippen LogP contribution is 2.19. The first kappa shape index (κ1) is 14.2. The van der Waals surface area contributed by atoms with Gasteiger partial charge in [-0.15, -0.1) is 11.3 Å². The molecular formula is C16H16N2OS2. The lowest BCUT2D eigenvalue weighted by Gasteiger charge is -2.36. The first-order chi connectivity index (χ1) is 10.2. The summed E-state index contributed by atoms with van der Waals surface area (Å²) in [5.74, 6) is 0.117. The summed E-state index contributed by atoms with van der Waals surface area (Å²) in [6.07, 6.45) is 0.526. The second-order valence-corrected chi connectivity index (χ2v) is 6.40. The molecule has 0 N–H and O–H groups in total. The fraction of sp³-hybridized carbons (Fsp3) is 0.250. The van der Waals surface area contributed by atoms with E-state index in [0.717, 1.165) is 12.1 Å². The second-order valence-electron chi connectivity index (χ2n) is 5.00. The molecule has 108 valence electrons. The van der Waals surface area contributed by atoms with E-state index >= 15 is 0 Å². The SMILES string of the molecule is O=C1CCN(Cc2cccs2)C(=S)N1Cc1ccccc1. The summed E-state index contributed by atoms with van der Waals surface area (Å²) in [6.45, 7) is 2.05. The lowest BCUT2D eigenvalue weighted by Crippen LogP contribution is -2.51. The smallest absolute Gasteiger partial charge is 0.230 e. The van der Waals surface area contributed by atoms with Crippen molar-refractivity contribution in [3.8, 4) is 0 Å². The molecule has 1 aromatic heterocycles. The minimum absolute atomic E-state index is 0.117. The van der Waals surface area contributed by atoms with E-state index in [0.29, 0.717) is 24.6 Å². The molecule has 0 saturated carbocycles. The van der Waals surface area contributed by atoms with Crippen LogP contribution in [0, 0.1) is 0 Å². The van der Waals surface area contributed by atoms with Crippen LogP contribution in [0.25, 0.3) is 0 Å². The Hall–Kier alpha value is -1.72. The Labute approximate surface area is 133 Å². The molecule has 3 nitrogen and oxygen atoms in total. The number of carbonyl (C=O) groups excluding carboxylic acids is 1. The van der Waals surface area contributed by atoms with Crippen LogP contribution >= 0.6 is 23.6 Å². The van der Waals surface area contributed by atoms with Gasteiger partial charge in [0.15, 0.2) is 5.11 Å². The van der Waals surface area contributed by atoms with Crippen molar-refractivity contribution in [3.05, 3.63) is 58.3 Å². The van der Waals surface area contributed by atoms with E-state index in [1.807, 2.05) is 36.4 Å². The van der Waals surface area contributed by atoms with E-state index in [2.05, 4.69) is 16.3 Å². The van der Waals surface area contributed by atoms with Crippen molar-refractivity contribution in [1.29, 1.82) is 0 Å². The number of amides is 1. The molecule has 1 aliphatic heterocycles. The molecule has 5 heteroatoms. The van der Waals surface area contributed by atoms with Gasteiger partial charge >= 0.3 is 0 Å². The normalized spacial score (nSPS) is 15.6. The number of thiocarbonyl (C=S) groups is 1. The molecule has 1 aliphatic rings. The van der Waals surface area contributed by atoms with Gasteiger partial charge in [0.25, 0.3) is 0 Å². The van der Waals surface area contributed by atoms with Crippen molar-refractivity contribution in [2.75, 3.05) is 6.54 Å². The van der Waals surface area contributed by atoms with Gasteiger partial charge in [0, 0.05) is 17.8 Å². The van der Waals surface area contributed by atoms with Gasteiger partial charge < -0.3 is 4.90 Å². The van der Waals surface area contributed by atoms with Gasteiger partial charge in [-0.25, -0.2) is 0 Å². The summed E-state index contributed by atoms with van der Waals surface area (Å²) >= 11 is 7.25. The minimum Gasteiger partial charge on any atom is -0.343 e. The fourth-order valence-corrected chi connectivity index (χ4v) is 3.44. The molecule has 0 unspecified atom stereocenters. The topological polar surface area (TPSA) is 23.6 Å². The third-order valence-corrected chi connectivity index (χ3v) is 4.85. The molecular weight excluding hydrogens is 300 g/mol. The lowest BCUT2D eigenvalue weighted by molar-refractivity contribution is -0.129. The summed E-state index contributed by atoms with van der Waals surface area (Å²) < 4.78 is 0. The minimum atomic E-state index is 0.117. The van der Waals surface area contributed by atoms with Gasteiger partial charge in [-0.1, -0.05) is 36.4 Å². The molecule has 2 heterocycles. The Kier molecular flexibility index (Phi) is 4.31. The largest absolute Gasteiger partial charge is 0.343 e. The number of nitrogens with zero attached hydrogens (tertiary/aromatic N) is 2. The van der Waals surface area contributed by atoms with E-state index < -0.39 is 0 Å². The summed E-state index contributed by atoms with van der Waals surface area (Å²) in [5, 5.41) is 2.71. The quantitative estimate of drug-likeness (QED) is 0.809. The lowest BCUT2D eigenvalue weighted by atomic mass is 10.2. The fourth-order valence-electron chi connectivity index (χ4n) is 2.40.